The van der Waals surface area contributed by atoms with E-state index in [-0.39, 0.29) is 17.9 Å². The van der Waals surface area contributed by atoms with Gasteiger partial charge in [-0.25, -0.2) is 4.98 Å². The molecule has 3 heterocycles. The lowest BCUT2D eigenvalue weighted by atomic mass is 9.88. The molecular weight excluding hydrogens is 388 g/mol. The van der Waals surface area contributed by atoms with Crippen LogP contribution in [0.15, 0.2) is 24.3 Å². The zero-order valence-electron chi connectivity index (χ0n) is 18.5. The summed E-state index contributed by atoms with van der Waals surface area (Å²) in [6.45, 7) is 5.84. The van der Waals surface area contributed by atoms with Crippen molar-refractivity contribution in [3.05, 3.63) is 35.5 Å². The molecule has 1 aliphatic heterocycles. The highest BCUT2D eigenvalue weighted by atomic mass is 16.5. The lowest BCUT2D eigenvalue weighted by Gasteiger charge is -2.22. The number of fused-ring (bicyclic) bond motifs is 1. The van der Waals surface area contributed by atoms with Crippen LogP contribution in [0.2, 0.25) is 0 Å². The first-order valence-corrected chi connectivity index (χ1v) is 11.7. The zero-order valence-corrected chi connectivity index (χ0v) is 18.5. The number of para-hydroxylation sites is 2. The van der Waals surface area contributed by atoms with Crippen molar-refractivity contribution in [2.24, 2.45) is 5.92 Å². The Bertz CT molecular complexity index is 1050. The maximum absolute atomic E-state index is 13.2. The predicted octanol–water partition coefficient (Wildman–Crippen LogP) is 5.35. The van der Waals surface area contributed by atoms with Crippen molar-refractivity contribution in [2.45, 2.75) is 71.4 Å². The molecule has 0 radical (unpaired) electrons. The van der Waals surface area contributed by atoms with Gasteiger partial charge in [0.05, 0.1) is 29.2 Å². The average Bonchev–Trinajstić information content (AvgIpc) is 3.50. The first kappa shape index (κ1) is 20.3. The molecule has 1 amide bonds. The number of anilines is 1. The van der Waals surface area contributed by atoms with Crippen molar-refractivity contribution in [2.75, 3.05) is 11.9 Å². The van der Waals surface area contributed by atoms with Gasteiger partial charge < -0.3 is 19.6 Å². The summed E-state index contributed by atoms with van der Waals surface area (Å²) in [6.07, 6.45) is 7.84. The monoisotopic (exact) mass is 420 g/mol. The lowest BCUT2D eigenvalue weighted by Crippen LogP contribution is -2.27. The number of hydrogen-bond donors (Lipinski definition) is 2. The number of aromatic nitrogens is 3. The molecule has 6 nitrogen and oxygen atoms in total. The van der Waals surface area contributed by atoms with Crippen molar-refractivity contribution in [1.29, 1.82) is 0 Å². The number of carbonyl (C=O) groups is 1. The second kappa shape index (κ2) is 8.50. The van der Waals surface area contributed by atoms with Crippen molar-refractivity contribution in [3.8, 4) is 11.4 Å². The number of hydrogen-bond acceptors (Lipinski definition) is 3. The number of carbonyl (C=O) groups excluding carboxylic acids is 1. The molecule has 164 valence electrons. The Morgan fingerprint density at radius 1 is 1.16 bits per heavy atom. The van der Waals surface area contributed by atoms with Gasteiger partial charge >= 0.3 is 0 Å². The summed E-state index contributed by atoms with van der Waals surface area (Å²) in [5, 5.41) is 3.34. The highest BCUT2D eigenvalue weighted by molar-refractivity contribution is 5.97. The minimum atomic E-state index is 0.101. The van der Waals surface area contributed by atoms with Gasteiger partial charge in [-0.3, -0.25) is 4.79 Å². The third-order valence-corrected chi connectivity index (χ3v) is 7.08. The second-order valence-electron chi connectivity index (χ2n) is 9.11. The fraction of sp³-hybridized carbons (Fsp3) is 0.520. The molecule has 1 atom stereocenters. The third-order valence-electron chi connectivity index (χ3n) is 7.08. The zero-order chi connectivity index (χ0) is 21.4. The summed E-state index contributed by atoms with van der Waals surface area (Å²) in [7, 11) is 0. The fourth-order valence-electron chi connectivity index (χ4n) is 5.16. The maximum atomic E-state index is 13.2. The van der Waals surface area contributed by atoms with Gasteiger partial charge in [-0.1, -0.05) is 31.4 Å². The van der Waals surface area contributed by atoms with E-state index in [1.807, 2.05) is 24.3 Å². The van der Waals surface area contributed by atoms with Crippen LogP contribution in [-0.4, -0.2) is 33.2 Å². The summed E-state index contributed by atoms with van der Waals surface area (Å²) in [6, 6.07) is 8.06. The van der Waals surface area contributed by atoms with E-state index < -0.39 is 0 Å². The van der Waals surface area contributed by atoms with Crippen LogP contribution in [0.25, 0.3) is 22.4 Å². The van der Waals surface area contributed by atoms with Crippen LogP contribution < -0.4 is 5.32 Å². The highest BCUT2D eigenvalue weighted by Crippen LogP contribution is 2.37. The summed E-state index contributed by atoms with van der Waals surface area (Å²) in [5.41, 5.74) is 5.24. The van der Waals surface area contributed by atoms with E-state index in [0.29, 0.717) is 0 Å². The van der Waals surface area contributed by atoms with Crippen molar-refractivity contribution in [1.82, 2.24) is 14.5 Å². The smallest absolute Gasteiger partial charge is 0.228 e. The Balaban J connectivity index is 1.57. The number of nitrogens with one attached hydrogen (secondary N) is 2. The average molecular weight is 421 g/mol. The van der Waals surface area contributed by atoms with Crippen LogP contribution >= 0.6 is 0 Å². The summed E-state index contributed by atoms with van der Waals surface area (Å²) in [4.78, 5) is 21.6. The molecule has 3 aromatic rings. The molecule has 2 fully saturated rings. The number of benzene rings is 1. The minimum Gasteiger partial charge on any atom is -0.376 e. The molecular formula is C25H32N4O2. The Morgan fingerprint density at radius 3 is 2.71 bits per heavy atom. The Labute approximate surface area is 183 Å². The van der Waals surface area contributed by atoms with E-state index in [0.717, 1.165) is 91.2 Å². The number of H-pyrrole nitrogens is 1. The number of aromatic amines is 1. The van der Waals surface area contributed by atoms with Crippen LogP contribution in [0.1, 0.15) is 56.2 Å². The molecule has 1 aliphatic carbocycles. The molecule has 0 bridgehead atoms. The van der Waals surface area contributed by atoms with Crippen LogP contribution in [0, 0.1) is 19.8 Å². The highest BCUT2D eigenvalue weighted by Gasteiger charge is 2.28. The SMILES string of the molecule is Cc1c(-c2nc3ccccc3[nH]2)c(NC(=O)C2CCCCC2)n(C[C@@H]2CCCO2)c1C. The molecule has 2 N–H and O–H groups in total. The maximum Gasteiger partial charge on any atom is 0.228 e. The van der Waals surface area contributed by atoms with Gasteiger partial charge in [-0.15, -0.1) is 0 Å². The van der Waals surface area contributed by atoms with Crippen LogP contribution in [0.5, 0.6) is 0 Å². The number of imidazole rings is 1. The molecule has 2 aliphatic rings. The first-order chi connectivity index (χ1) is 15.1. The summed E-state index contributed by atoms with van der Waals surface area (Å²) < 4.78 is 8.18. The van der Waals surface area contributed by atoms with Crippen molar-refractivity contribution >= 4 is 22.8 Å². The minimum absolute atomic E-state index is 0.101. The second-order valence-corrected chi connectivity index (χ2v) is 9.11. The molecule has 5 rings (SSSR count). The van der Waals surface area contributed by atoms with E-state index in [1.165, 1.54) is 6.42 Å². The van der Waals surface area contributed by atoms with E-state index in [2.05, 4.69) is 28.7 Å². The Hall–Kier alpha value is -2.60. The molecule has 0 unspecified atom stereocenters. The number of rotatable bonds is 5. The van der Waals surface area contributed by atoms with E-state index in [9.17, 15) is 4.79 Å². The number of amides is 1. The third kappa shape index (κ3) is 3.89. The largest absolute Gasteiger partial charge is 0.376 e. The quantitative estimate of drug-likeness (QED) is 0.585. The van der Waals surface area contributed by atoms with E-state index in [1.54, 1.807) is 0 Å². The lowest BCUT2D eigenvalue weighted by molar-refractivity contribution is -0.120. The van der Waals surface area contributed by atoms with Gasteiger partial charge in [-0.2, -0.15) is 0 Å². The van der Waals surface area contributed by atoms with Crippen molar-refractivity contribution < 1.29 is 9.53 Å². The number of ether oxygens (including phenoxy) is 1. The molecule has 6 heteroatoms. The Morgan fingerprint density at radius 2 is 1.97 bits per heavy atom. The van der Waals surface area contributed by atoms with Gasteiger partial charge in [0.15, 0.2) is 0 Å². The van der Waals surface area contributed by atoms with Gasteiger partial charge in [0.25, 0.3) is 0 Å². The molecule has 1 saturated heterocycles. The molecule has 1 saturated carbocycles. The van der Waals surface area contributed by atoms with Gasteiger partial charge in [-0.05, 0) is 57.2 Å². The Kier molecular flexibility index (Phi) is 5.57. The molecule has 0 spiro atoms. The number of nitrogens with zero attached hydrogens (tertiary/aromatic N) is 2. The van der Waals surface area contributed by atoms with Gasteiger partial charge in [0.2, 0.25) is 5.91 Å². The van der Waals surface area contributed by atoms with Crippen LogP contribution in [0.3, 0.4) is 0 Å². The van der Waals surface area contributed by atoms with Crippen molar-refractivity contribution in [3.63, 3.8) is 0 Å². The van der Waals surface area contributed by atoms with Gasteiger partial charge in [0, 0.05) is 18.2 Å². The van der Waals surface area contributed by atoms with Crippen LogP contribution in [0.4, 0.5) is 5.82 Å². The predicted molar refractivity (Wildman–Crippen MR) is 123 cm³/mol. The van der Waals surface area contributed by atoms with E-state index >= 15 is 0 Å². The molecule has 2 aromatic heterocycles. The summed E-state index contributed by atoms with van der Waals surface area (Å²) >= 11 is 0. The van der Waals surface area contributed by atoms with Crippen LogP contribution in [-0.2, 0) is 16.1 Å². The first-order valence-electron chi connectivity index (χ1n) is 11.7. The van der Waals surface area contributed by atoms with E-state index in [4.69, 9.17) is 9.72 Å². The fourth-order valence-corrected chi connectivity index (χ4v) is 5.16. The molecule has 1 aromatic carbocycles. The standard InChI is InChI=1S/C25H32N4O2/c1-16-17(2)29(15-19-11-8-14-31-19)24(28-25(30)18-9-4-3-5-10-18)22(16)23-26-20-12-6-7-13-21(20)27-23/h6-7,12-13,18-19H,3-5,8-11,14-15H2,1-2H3,(H,26,27)(H,28,30)/t19-/m0/s1. The molecule has 31 heavy (non-hydrogen) atoms. The topological polar surface area (TPSA) is 71.9 Å². The summed E-state index contributed by atoms with van der Waals surface area (Å²) in [5.74, 6) is 1.92. The normalized spacial score (nSPS) is 19.9. The van der Waals surface area contributed by atoms with Gasteiger partial charge in [0.1, 0.15) is 11.6 Å².